The average molecular weight is 348 g/mol. The summed E-state index contributed by atoms with van der Waals surface area (Å²) in [6.07, 6.45) is 2.26. The second kappa shape index (κ2) is 6.94. The second-order valence-electron chi connectivity index (χ2n) is 7.46. The fourth-order valence-corrected chi connectivity index (χ4v) is 4.01. The zero-order chi connectivity index (χ0) is 18.1. The van der Waals surface area contributed by atoms with Crippen molar-refractivity contribution in [2.24, 2.45) is 5.92 Å². The number of fused-ring (bicyclic) bond motifs is 1. The van der Waals surface area contributed by atoms with Crippen molar-refractivity contribution in [1.29, 1.82) is 0 Å². The Hall–Kier alpha value is -2.62. The molecule has 0 aromatic heterocycles. The first kappa shape index (κ1) is 16.8. The lowest BCUT2D eigenvalue weighted by molar-refractivity contribution is -0.129. The van der Waals surface area contributed by atoms with Crippen LogP contribution < -0.4 is 5.32 Å². The van der Waals surface area contributed by atoms with Crippen LogP contribution in [0.1, 0.15) is 41.1 Å². The van der Waals surface area contributed by atoms with Crippen LogP contribution in [0.3, 0.4) is 0 Å². The number of hydrogen-bond acceptors (Lipinski definition) is 2. The fraction of sp³-hybridized carbons (Fsp3) is 0.364. The highest BCUT2D eigenvalue weighted by molar-refractivity contribution is 5.89. The normalized spacial score (nSPS) is 21.7. The molecule has 2 aliphatic rings. The minimum Gasteiger partial charge on any atom is -0.349 e. The number of carbonyl (C=O) groups is 2. The van der Waals surface area contributed by atoms with Gasteiger partial charge in [-0.3, -0.25) is 9.59 Å². The maximum atomic E-state index is 12.7. The molecule has 0 spiro atoms. The molecule has 0 bridgehead atoms. The number of carbonyl (C=O) groups excluding carboxylic acids is 2. The number of benzene rings is 2. The van der Waals surface area contributed by atoms with Gasteiger partial charge in [-0.15, -0.1) is 0 Å². The highest BCUT2D eigenvalue weighted by Gasteiger charge is 2.35. The molecule has 2 amide bonds. The Morgan fingerprint density at radius 2 is 1.92 bits per heavy atom. The highest BCUT2D eigenvalue weighted by Crippen LogP contribution is 2.31. The van der Waals surface area contributed by atoms with E-state index >= 15 is 0 Å². The van der Waals surface area contributed by atoms with E-state index in [1.807, 2.05) is 31.2 Å². The minimum absolute atomic E-state index is 0.00598. The molecule has 1 aliphatic carbocycles. The third-order valence-corrected chi connectivity index (χ3v) is 5.53. The molecule has 134 valence electrons. The lowest BCUT2D eigenvalue weighted by atomic mass is 10.1. The van der Waals surface area contributed by atoms with E-state index in [-0.39, 0.29) is 23.8 Å². The molecule has 1 fully saturated rings. The Kier molecular flexibility index (Phi) is 4.49. The molecule has 0 saturated carbocycles. The molecule has 2 unspecified atom stereocenters. The molecule has 1 saturated heterocycles. The molecule has 2 atom stereocenters. The minimum atomic E-state index is -0.249. The van der Waals surface area contributed by atoms with E-state index in [2.05, 4.69) is 29.6 Å². The first-order chi connectivity index (χ1) is 12.6. The highest BCUT2D eigenvalue weighted by atomic mass is 16.2. The maximum Gasteiger partial charge on any atom is 0.225 e. The number of aryl methyl sites for hydroxylation is 2. The number of likely N-dealkylation sites (tertiary alicyclic amines) is 1. The van der Waals surface area contributed by atoms with Gasteiger partial charge in [0.05, 0.1) is 12.0 Å². The quantitative estimate of drug-likeness (QED) is 0.923. The van der Waals surface area contributed by atoms with Crippen LogP contribution >= 0.6 is 0 Å². The fourth-order valence-electron chi connectivity index (χ4n) is 4.01. The van der Waals surface area contributed by atoms with Crippen LogP contribution in [0.25, 0.3) is 0 Å². The van der Waals surface area contributed by atoms with Gasteiger partial charge in [0.1, 0.15) is 0 Å². The molecule has 4 heteroatoms. The third-order valence-electron chi connectivity index (χ3n) is 5.53. The number of rotatable bonds is 4. The molecule has 1 heterocycles. The van der Waals surface area contributed by atoms with Gasteiger partial charge >= 0.3 is 0 Å². The largest absolute Gasteiger partial charge is 0.349 e. The van der Waals surface area contributed by atoms with Gasteiger partial charge in [0.25, 0.3) is 0 Å². The van der Waals surface area contributed by atoms with Crippen molar-refractivity contribution < 1.29 is 9.59 Å². The van der Waals surface area contributed by atoms with Crippen molar-refractivity contribution in [3.63, 3.8) is 0 Å². The summed E-state index contributed by atoms with van der Waals surface area (Å²) in [5.41, 5.74) is 4.85. The second-order valence-corrected chi connectivity index (χ2v) is 7.46. The van der Waals surface area contributed by atoms with Gasteiger partial charge in [0, 0.05) is 19.5 Å². The molecular weight excluding hydrogens is 324 g/mol. The summed E-state index contributed by atoms with van der Waals surface area (Å²) in [7, 11) is 0. The summed E-state index contributed by atoms with van der Waals surface area (Å²) in [6, 6.07) is 16.6. The van der Waals surface area contributed by atoms with Gasteiger partial charge in [-0.25, -0.2) is 0 Å². The SMILES string of the molecule is Cc1ccc(CN2CC(C(=O)NC3CCc4ccccc43)CC2=O)cc1. The van der Waals surface area contributed by atoms with Crippen LogP contribution in [0.15, 0.2) is 48.5 Å². The Balaban J connectivity index is 1.37. The van der Waals surface area contributed by atoms with Crippen LogP contribution in [0.5, 0.6) is 0 Å². The summed E-state index contributed by atoms with van der Waals surface area (Å²) in [4.78, 5) is 26.9. The Labute approximate surface area is 154 Å². The van der Waals surface area contributed by atoms with Crippen LogP contribution in [0, 0.1) is 12.8 Å². The van der Waals surface area contributed by atoms with E-state index in [4.69, 9.17) is 0 Å². The van der Waals surface area contributed by atoms with E-state index in [9.17, 15) is 9.59 Å². The summed E-state index contributed by atoms with van der Waals surface area (Å²) in [6.45, 7) is 3.13. The zero-order valence-corrected chi connectivity index (χ0v) is 15.1. The predicted octanol–water partition coefficient (Wildman–Crippen LogP) is 3.15. The summed E-state index contributed by atoms with van der Waals surface area (Å²) in [5, 5.41) is 3.17. The van der Waals surface area contributed by atoms with Crippen molar-refractivity contribution in [3.8, 4) is 0 Å². The molecule has 2 aromatic carbocycles. The summed E-state index contributed by atoms with van der Waals surface area (Å²) >= 11 is 0. The maximum absolute atomic E-state index is 12.7. The van der Waals surface area contributed by atoms with E-state index in [0.29, 0.717) is 19.5 Å². The van der Waals surface area contributed by atoms with E-state index in [1.54, 1.807) is 4.90 Å². The lowest BCUT2D eigenvalue weighted by Crippen LogP contribution is -2.34. The van der Waals surface area contributed by atoms with Crippen LogP contribution in [0.4, 0.5) is 0 Å². The Morgan fingerprint density at radius 3 is 2.73 bits per heavy atom. The van der Waals surface area contributed by atoms with Crippen LogP contribution in [0.2, 0.25) is 0 Å². The van der Waals surface area contributed by atoms with E-state index < -0.39 is 0 Å². The van der Waals surface area contributed by atoms with E-state index in [1.165, 1.54) is 16.7 Å². The molecule has 1 aliphatic heterocycles. The monoisotopic (exact) mass is 348 g/mol. The third kappa shape index (κ3) is 3.36. The number of hydrogen-bond donors (Lipinski definition) is 1. The Morgan fingerprint density at radius 1 is 1.15 bits per heavy atom. The smallest absolute Gasteiger partial charge is 0.225 e. The van der Waals surface area contributed by atoms with Crippen molar-refractivity contribution in [3.05, 3.63) is 70.8 Å². The number of nitrogens with zero attached hydrogens (tertiary/aromatic N) is 1. The first-order valence-electron chi connectivity index (χ1n) is 9.31. The van der Waals surface area contributed by atoms with Crippen LogP contribution in [-0.4, -0.2) is 23.3 Å². The lowest BCUT2D eigenvalue weighted by Gasteiger charge is -2.19. The van der Waals surface area contributed by atoms with Crippen LogP contribution in [-0.2, 0) is 22.6 Å². The van der Waals surface area contributed by atoms with Gasteiger partial charge in [0.15, 0.2) is 0 Å². The molecule has 26 heavy (non-hydrogen) atoms. The molecule has 2 aromatic rings. The van der Waals surface area contributed by atoms with Gasteiger partial charge in [0.2, 0.25) is 11.8 Å². The Bertz CT molecular complexity index is 828. The van der Waals surface area contributed by atoms with Gasteiger partial charge in [-0.05, 0) is 36.5 Å². The van der Waals surface area contributed by atoms with Crippen molar-refractivity contribution in [2.45, 2.75) is 38.8 Å². The summed E-state index contributed by atoms with van der Waals surface area (Å²) < 4.78 is 0. The van der Waals surface area contributed by atoms with Gasteiger partial charge in [-0.2, -0.15) is 0 Å². The predicted molar refractivity (Wildman–Crippen MR) is 100 cm³/mol. The molecule has 0 radical (unpaired) electrons. The molecule has 4 nitrogen and oxygen atoms in total. The van der Waals surface area contributed by atoms with Crippen molar-refractivity contribution in [2.75, 3.05) is 6.54 Å². The van der Waals surface area contributed by atoms with Crippen molar-refractivity contribution >= 4 is 11.8 Å². The van der Waals surface area contributed by atoms with Gasteiger partial charge in [-0.1, -0.05) is 54.1 Å². The van der Waals surface area contributed by atoms with E-state index in [0.717, 1.165) is 18.4 Å². The molecular formula is C22H24N2O2. The number of nitrogens with one attached hydrogen (secondary N) is 1. The topological polar surface area (TPSA) is 49.4 Å². The van der Waals surface area contributed by atoms with Crippen molar-refractivity contribution in [1.82, 2.24) is 10.2 Å². The zero-order valence-electron chi connectivity index (χ0n) is 15.1. The average Bonchev–Trinajstić information content (AvgIpc) is 3.21. The van der Waals surface area contributed by atoms with Gasteiger partial charge < -0.3 is 10.2 Å². The molecule has 1 N–H and O–H groups in total. The molecule has 4 rings (SSSR count). The number of amides is 2. The standard InChI is InChI=1S/C22H24N2O2/c1-15-6-8-16(9-7-15)13-24-14-18(12-21(24)25)22(26)23-20-11-10-17-4-2-3-5-19(17)20/h2-9,18,20H,10-14H2,1H3,(H,23,26). The summed E-state index contributed by atoms with van der Waals surface area (Å²) in [5.74, 6) is -0.176. The first-order valence-corrected chi connectivity index (χ1v) is 9.31.